The molecule has 0 bridgehead atoms. The summed E-state index contributed by atoms with van der Waals surface area (Å²) in [6.07, 6.45) is 8.62. The van der Waals surface area contributed by atoms with Crippen molar-refractivity contribution in [3.8, 4) is 22.3 Å². The van der Waals surface area contributed by atoms with Crippen LogP contribution in [0.1, 0.15) is 23.2 Å². The monoisotopic (exact) mass is 490 g/mol. The summed E-state index contributed by atoms with van der Waals surface area (Å²) in [7, 11) is 0. The molecule has 1 aliphatic heterocycles. The average Bonchev–Trinajstić information content (AvgIpc) is 3.31. The third-order valence-corrected chi connectivity index (χ3v) is 6.97. The molecule has 0 spiro atoms. The van der Waals surface area contributed by atoms with Crippen molar-refractivity contribution < 1.29 is 4.39 Å². The second-order valence-corrected chi connectivity index (χ2v) is 9.52. The van der Waals surface area contributed by atoms with Gasteiger partial charge in [0.2, 0.25) is 0 Å². The van der Waals surface area contributed by atoms with E-state index in [9.17, 15) is 4.39 Å². The van der Waals surface area contributed by atoms with Crippen LogP contribution in [0.2, 0.25) is 0 Å². The smallest absolute Gasteiger partial charge is 0.123 e. The normalized spacial score (nSPS) is 13.5. The molecule has 1 aliphatic rings. The van der Waals surface area contributed by atoms with Gasteiger partial charge in [0.1, 0.15) is 11.5 Å². The molecule has 184 valence electrons. The minimum Gasteiger partial charge on any atom is -0.353 e. The van der Waals surface area contributed by atoms with Gasteiger partial charge in [-0.25, -0.2) is 4.39 Å². The van der Waals surface area contributed by atoms with Crippen LogP contribution in [0.4, 0.5) is 10.1 Å². The molecule has 0 unspecified atom stereocenters. The number of nitrogens with zero attached hydrogens (tertiary/aromatic N) is 4. The Hall–Kier alpha value is -4.36. The maximum absolute atomic E-state index is 13.8. The minimum absolute atomic E-state index is 0.278. The van der Waals surface area contributed by atoms with Crippen LogP contribution in [0.25, 0.3) is 38.9 Å². The fourth-order valence-corrected chi connectivity index (χ4v) is 4.77. The summed E-state index contributed by atoms with van der Waals surface area (Å²) in [4.78, 5) is 11.3. The molecule has 5 aromatic rings. The Balaban J connectivity index is 1.29. The highest BCUT2D eigenvalue weighted by atomic mass is 19.1. The number of rotatable bonds is 7. The predicted octanol–water partition coefficient (Wildman–Crippen LogP) is 6.42. The van der Waals surface area contributed by atoms with Gasteiger partial charge in [-0.2, -0.15) is 5.10 Å². The van der Waals surface area contributed by atoms with Crippen LogP contribution in [0.15, 0.2) is 79.9 Å². The molecule has 7 heteroatoms. The average molecular weight is 491 g/mol. The fraction of sp³-hybridized carbons (Fsp3) is 0.167. The van der Waals surface area contributed by atoms with E-state index in [0.29, 0.717) is 5.70 Å². The van der Waals surface area contributed by atoms with E-state index in [2.05, 4.69) is 55.2 Å². The summed E-state index contributed by atoms with van der Waals surface area (Å²) in [6, 6.07) is 15.0. The first-order valence-electron chi connectivity index (χ1n) is 12.4. The number of hydrogen-bond acceptors (Lipinski definition) is 5. The summed E-state index contributed by atoms with van der Waals surface area (Å²) in [5, 5.41) is 12.0. The molecule has 2 aromatic carbocycles. The van der Waals surface area contributed by atoms with Crippen molar-refractivity contribution in [3.05, 3.63) is 103 Å². The summed E-state index contributed by atoms with van der Waals surface area (Å²) >= 11 is 0. The van der Waals surface area contributed by atoms with Crippen LogP contribution in [0.3, 0.4) is 0 Å². The second-order valence-electron chi connectivity index (χ2n) is 9.52. The van der Waals surface area contributed by atoms with Gasteiger partial charge in [-0.15, -0.1) is 0 Å². The summed E-state index contributed by atoms with van der Waals surface area (Å²) in [5.74, 6) is -0.278. The highest BCUT2D eigenvalue weighted by molar-refractivity contribution is 5.95. The molecule has 1 saturated heterocycles. The predicted molar refractivity (Wildman–Crippen MR) is 146 cm³/mol. The topological polar surface area (TPSA) is 69.7 Å². The molecule has 4 heterocycles. The zero-order valence-electron chi connectivity index (χ0n) is 20.6. The molecular formula is C30H27FN6. The van der Waals surface area contributed by atoms with Crippen LogP contribution in [-0.4, -0.2) is 38.2 Å². The highest BCUT2D eigenvalue weighted by Crippen LogP contribution is 2.32. The molecule has 0 aliphatic carbocycles. The number of H-pyrrole nitrogens is 1. The number of benzene rings is 2. The third-order valence-electron chi connectivity index (χ3n) is 6.97. The lowest BCUT2D eigenvalue weighted by Crippen LogP contribution is -2.36. The van der Waals surface area contributed by atoms with E-state index >= 15 is 0 Å². The van der Waals surface area contributed by atoms with E-state index < -0.39 is 0 Å². The lowest BCUT2D eigenvalue weighted by molar-refractivity contribution is 0.172. The number of hydrogen-bond donors (Lipinski definition) is 2. The van der Waals surface area contributed by atoms with Crippen LogP contribution < -0.4 is 5.32 Å². The third kappa shape index (κ3) is 4.61. The molecule has 2 N–H and O–H groups in total. The Bertz CT molecular complexity index is 1620. The molecule has 6 rings (SSSR count). The van der Waals surface area contributed by atoms with Gasteiger partial charge in [0, 0.05) is 41.6 Å². The summed E-state index contributed by atoms with van der Waals surface area (Å²) in [5.41, 5.74) is 9.06. The van der Waals surface area contributed by atoms with Crippen molar-refractivity contribution in [2.45, 2.75) is 19.9 Å². The molecule has 1 fully saturated rings. The molecule has 0 saturated carbocycles. The second kappa shape index (κ2) is 9.59. The number of anilines is 1. The van der Waals surface area contributed by atoms with Gasteiger partial charge in [0.15, 0.2) is 0 Å². The number of pyridine rings is 2. The first kappa shape index (κ1) is 23.1. The molecule has 3 aromatic heterocycles. The summed E-state index contributed by atoms with van der Waals surface area (Å²) < 4.78 is 13.8. The van der Waals surface area contributed by atoms with E-state index in [1.807, 2.05) is 31.5 Å². The molecule has 0 atom stereocenters. The number of nitrogens with one attached hydrogen (secondary N) is 2. The Morgan fingerprint density at radius 3 is 2.68 bits per heavy atom. The van der Waals surface area contributed by atoms with E-state index in [-0.39, 0.29) is 5.82 Å². The Kier molecular flexibility index (Phi) is 5.98. The van der Waals surface area contributed by atoms with Crippen molar-refractivity contribution in [1.29, 1.82) is 0 Å². The molecular weight excluding hydrogens is 463 g/mol. The number of halogens is 1. The maximum atomic E-state index is 13.8. The number of likely N-dealkylation sites (tertiary alicyclic amines) is 1. The molecule has 0 amide bonds. The minimum atomic E-state index is -0.278. The first-order valence-corrected chi connectivity index (χ1v) is 12.4. The molecule has 6 nitrogen and oxygen atoms in total. The van der Waals surface area contributed by atoms with Crippen molar-refractivity contribution in [2.24, 2.45) is 0 Å². The van der Waals surface area contributed by atoms with E-state index in [0.717, 1.165) is 69.7 Å². The van der Waals surface area contributed by atoms with Gasteiger partial charge in [-0.1, -0.05) is 24.8 Å². The van der Waals surface area contributed by atoms with Gasteiger partial charge in [-0.05, 0) is 79.0 Å². The van der Waals surface area contributed by atoms with Crippen molar-refractivity contribution in [1.82, 2.24) is 25.1 Å². The number of aromatic amines is 1. The van der Waals surface area contributed by atoms with Gasteiger partial charge in [0.25, 0.3) is 0 Å². The lowest BCUT2D eigenvalue weighted by Gasteiger charge is -2.30. The fourth-order valence-electron chi connectivity index (χ4n) is 4.77. The van der Waals surface area contributed by atoms with Gasteiger partial charge >= 0.3 is 0 Å². The van der Waals surface area contributed by atoms with Crippen LogP contribution in [0.5, 0.6) is 0 Å². The quantitative estimate of drug-likeness (QED) is 0.275. The van der Waals surface area contributed by atoms with E-state index in [4.69, 9.17) is 0 Å². The largest absolute Gasteiger partial charge is 0.353 e. The Morgan fingerprint density at radius 2 is 1.86 bits per heavy atom. The van der Waals surface area contributed by atoms with Gasteiger partial charge in [0.05, 0.1) is 23.1 Å². The summed E-state index contributed by atoms with van der Waals surface area (Å²) in [6.45, 7) is 9.50. The van der Waals surface area contributed by atoms with Crippen LogP contribution >= 0.6 is 0 Å². The van der Waals surface area contributed by atoms with E-state index in [1.165, 1.54) is 24.1 Å². The Morgan fingerprint density at radius 1 is 1.00 bits per heavy atom. The Labute approximate surface area is 214 Å². The first-order chi connectivity index (χ1) is 18.0. The van der Waals surface area contributed by atoms with Crippen molar-refractivity contribution >= 4 is 22.3 Å². The standard InChI is InChI=1S/C30H27FN6/c1-19-27(23-5-3-6-25(31)12-23)16-33-17-29(19)34-20(2)30-26-13-22(7-8-28(26)35-36-30)24-11-21(14-32-15-24)18-37-9-4-10-37/h3,5-8,11-17,34H,2,4,9-10,18H2,1H3,(H,35,36). The zero-order chi connectivity index (χ0) is 25.4. The molecule has 0 radical (unpaired) electrons. The number of fused-ring (bicyclic) bond motifs is 1. The van der Waals surface area contributed by atoms with E-state index in [1.54, 1.807) is 18.5 Å². The van der Waals surface area contributed by atoms with Crippen LogP contribution in [0, 0.1) is 12.7 Å². The SMILES string of the molecule is C=C(Nc1cncc(-c2cccc(F)c2)c1C)c1n[nH]c2ccc(-c3cncc(CN4CCC4)c3)cc12. The highest BCUT2D eigenvalue weighted by Gasteiger charge is 2.16. The van der Waals surface area contributed by atoms with Crippen molar-refractivity contribution in [2.75, 3.05) is 18.4 Å². The maximum Gasteiger partial charge on any atom is 0.123 e. The van der Waals surface area contributed by atoms with Crippen molar-refractivity contribution in [3.63, 3.8) is 0 Å². The van der Waals surface area contributed by atoms with Gasteiger partial charge < -0.3 is 5.32 Å². The van der Waals surface area contributed by atoms with Crippen LogP contribution in [-0.2, 0) is 6.54 Å². The zero-order valence-corrected chi connectivity index (χ0v) is 20.6. The van der Waals surface area contributed by atoms with Gasteiger partial charge in [-0.3, -0.25) is 20.0 Å². The molecule has 37 heavy (non-hydrogen) atoms. The lowest BCUT2D eigenvalue weighted by atomic mass is 10.0. The number of aromatic nitrogens is 4.